The molecule has 9 N–H and O–H groups in total. The Hall–Kier alpha value is -4.39. The van der Waals surface area contributed by atoms with E-state index in [4.69, 9.17) is 31.4 Å². The smallest absolute Gasteiger partial charge is 0.296 e. The van der Waals surface area contributed by atoms with Crippen LogP contribution in [0.4, 0.5) is 0 Å². The molecule has 0 aromatic carbocycles. The molecule has 4 rings (SSSR count). The van der Waals surface area contributed by atoms with Gasteiger partial charge in [0.25, 0.3) is 11.7 Å². The number of hydrogen-bond acceptors (Lipinski definition) is 12. The number of nitrogens with zero attached hydrogens (tertiary/aromatic N) is 3. The minimum Gasteiger partial charge on any atom is -0.390 e. The number of allylic oxidation sites excluding steroid dienone is 6. The average Bonchev–Trinajstić information content (AvgIpc) is 3.31. The second-order valence-corrected chi connectivity index (χ2v) is 20.9. The first-order valence-electron chi connectivity index (χ1n) is 25.4. The Morgan fingerprint density at radius 2 is 1.57 bits per heavy atom. The van der Waals surface area contributed by atoms with Crippen molar-refractivity contribution in [2.45, 2.75) is 180 Å². The Morgan fingerprint density at radius 3 is 2.24 bits per heavy atom. The molecule has 1 unspecified atom stereocenters. The summed E-state index contributed by atoms with van der Waals surface area (Å²) in [5.74, 6) is -8.23. The maximum Gasteiger partial charge on any atom is 0.296 e. The van der Waals surface area contributed by atoms with E-state index in [-0.39, 0.29) is 78.9 Å². The number of ether oxygens (including phenoxy) is 3. The van der Waals surface area contributed by atoms with E-state index in [1.54, 1.807) is 40.9 Å². The summed E-state index contributed by atoms with van der Waals surface area (Å²) in [5.41, 5.74) is 18.4. The van der Waals surface area contributed by atoms with Gasteiger partial charge in [0.1, 0.15) is 18.0 Å². The molecule has 17 nitrogen and oxygen atoms in total. The number of nitrogens with two attached hydrogens (primary N) is 3. The Kier molecular flexibility index (Phi) is 22.3. The first-order chi connectivity index (χ1) is 33.0. The van der Waals surface area contributed by atoms with E-state index in [0.29, 0.717) is 63.4 Å². The largest absolute Gasteiger partial charge is 0.390 e. The molecule has 0 aromatic heterocycles. The van der Waals surface area contributed by atoms with E-state index in [9.17, 15) is 39.3 Å². The number of aliphatic hydroxyl groups is 3. The number of Topliss-reactive ketones (excluding diaryl/α,β-unsaturated/α-hetero) is 4. The van der Waals surface area contributed by atoms with Crippen LogP contribution >= 0.6 is 0 Å². The van der Waals surface area contributed by atoms with Crippen LogP contribution in [0.25, 0.3) is 0 Å². The van der Waals surface area contributed by atoms with Gasteiger partial charge in [-0.1, -0.05) is 71.1 Å². The van der Waals surface area contributed by atoms with Crippen molar-refractivity contribution in [3.05, 3.63) is 47.6 Å². The quantitative estimate of drug-likeness (QED) is 0.0905. The van der Waals surface area contributed by atoms with Gasteiger partial charge in [0.05, 0.1) is 30.4 Å². The third-order valence-electron chi connectivity index (χ3n) is 15.3. The zero-order chi connectivity index (χ0) is 52.0. The van der Waals surface area contributed by atoms with Crippen LogP contribution in [0.5, 0.6) is 0 Å². The lowest BCUT2D eigenvalue weighted by Gasteiger charge is -2.43. The zero-order valence-corrected chi connectivity index (χ0v) is 43.1. The minimum atomic E-state index is -2.50. The van der Waals surface area contributed by atoms with Crippen molar-refractivity contribution in [3.63, 3.8) is 0 Å². The number of rotatable bonds is 6. The summed E-state index contributed by atoms with van der Waals surface area (Å²) in [7, 11) is 2.96. The summed E-state index contributed by atoms with van der Waals surface area (Å²) in [4.78, 5) is 81.2. The van der Waals surface area contributed by atoms with Crippen molar-refractivity contribution in [2.24, 2.45) is 68.6 Å². The zero-order valence-electron chi connectivity index (χ0n) is 43.1. The maximum absolute atomic E-state index is 14.7. The van der Waals surface area contributed by atoms with Gasteiger partial charge in [-0.15, -0.1) is 0 Å². The van der Waals surface area contributed by atoms with Crippen molar-refractivity contribution >= 4 is 41.0 Å². The molecule has 0 radical (unpaired) electrons. The van der Waals surface area contributed by atoms with Crippen LogP contribution in [0.1, 0.15) is 132 Å². The van der Waals surface area contributed by atoms with Crippen LogP contribution in [0.2, 0.25) is 0 Å². The SMILES string of the molecule is CO[C@@H]1C[C@@H](CC(C)[C@@H]2CC(=O)[C@H](C)/C=C(\C)[C@@H](O)[C@@H](OC)C(=O)[C@H](C)C[C@H](C)/C=C/C=C/C=C(/C)[C@H](N=C(N)N=C(N)N)C[C@@H]3CC[C@@H](C)[C@@](O)(O3)C(=O)C(=O)N3CCCC[C@H]3C(=O)C2)CC[C@H]1O. The van der Waals surface area contributed by atoms with Gasteiger partial charge in [-0.2, -0.15) is 4.99 Å². The summed E-state index contributed by atoms with van der Waals surface area (Å²) < 4.78 is 17.4. The molecule has 70 heavy (non-hydrogen) atoms. The fourth-order valence-electron chi connectivity index (χ4n) is 10.8. The molecule has 17 heteroatoms. The molecule has 15 atom stereocenters. The molecule has 0 spiro atoms. The molecule has 1 saturated carbocycles. The average molecular weight is 981 g/mol. The van der Waals surface area contributed by atoms with Crippen LogP contribution in [0, 0.1) is 41.4 Å². The highest BCUT2D eigenvalue weighted by atomic mass is 16.6. The van der Waals surface area contributed by atoms with E-state index < -0.39 is 77.6 Å². The summed E-state index contributed by atoms with van der Waals surface area (Å²) >= 11 is 0. The molecular weight excluding hydrogens is 897 g/mol. The van der Waals surface area contributed by atoms with Crippen molar-refractivity contribution in [2.75, 3.05) is 20.8 Å². The van der Waals surface area contributed by atoms with Gasteiger partial charge >= 0.3 is 0 Å². The molecule has 3 heterocycles. The number of carbonyl (C=O) groups excluding carboxylic acids is 5. The number of aliphatic hydroxyl groups excluding tert-OH is 2. The van der Waals surface area contributed by atoms with Crippen LogP contribution in [-0.2, 0) is 38.2 Å². The fourth-order valence-corrected chi connectivity index (χ4v) is 10.8. The molecule has 1 amide bonds. The highest BCUT2D eigenvalue weighted by Crippen LogP contribution is 2.39. The summed E-state index contributed by atoms with van der Waals surface area (Å²) in [5, 5.41) is 34.1. The van der Waals surface area contributed by atoms with Gasteiger partial charge in [-0.25, -0.2) is 4.99 Å². The lowest BCUT2D eigenvalue weighted by molar-refractivity contribution is -0.263. The Bertz CT molecular complexity index is 2010. The molecule has 4 aliphatic rings. The van der Waals surface area contributed by atoms with Gasteiger partial charge in [0.15, 0.2) is 17.5 Å². The molecule has 0 aromatic rings. The van der Waals surface area contributed by atoms with Gasteiger partial charge in [-0.05, 0) is 113 Å². The van der Waals surface area contributed by atoms with Crippen molar-refractivity contribution in [3.8, 4) is 0 Å². The van der Waals surface area contributed by atoms with Crippen LogP contribution in [-0.4, -0.2) is 130 Å². The van der Waals surface area contributed by atoms with Gasteiger partial charge < -0.3 is 51.6 Å². The minimum absolute atomic E-state index is 0.0185. The third-order valence-corrected chi connectivity index (χ3v) is 15.3. The Labute approximate surface area is 415 Å². The summed E-state index contributed by atoms with van der Waals surface area (Å²) in [6.45, 7) is 12.8. The van der Waals surface area contributed by atoms with Crippen molar-refractivity contribution < 1.29 is 53.5 Å². The normalized spacial score (nSPS) is 38.6. The van der Waals surface area contributed by atoms with E-state index in [2.05, 4.69) is 9.98 Å². The molecular formula is C53H84N6O11. The molecule has 3 aliphatic heterocycles. The van der Waals surface area contributed by atoms with Gasteiger partial charge in [0, 0.05) is 57.8 Å². The van der Waals surface area contributed by atoms with Crippen LogP contribution in [0.3, 0.4) is 0 Å². The first-order valence-corrected chi connectivity index (χ1v) is 25.4. The number of guanidine groups is 2. The highest BCUT2D eigenvalue weighted by molar-refractivity contribution is 6.39. The number of hydrogen-bond donors (Lipinski definition) is 6. The molecule has 2 bridgehead atoms. The monoisotopic (exact) mass is 981 g/mol. The lowest BCUT2D eigenvalue weighted by Crippen LogP contribution is -2.60. The van der Waals surface area contributed by atoms with Crippen LogP contribution < -0.4 is 17.2 Å². The maximum atomic E-state index is 14.7. The molecule has 1 aliphatic carbocycles. The number of carbonyl (C=O) groups is 5. The van der Waals surface area contributed by atoms with Gasteiger partial charge in [-0.3, -0.25) is 24.0 Å². The molecule has 2 saturated heterocycles. The predicted octanol–water partition coefficient (Wildman–Crippen LogP) is 4.79. The number of methoxy groups -OCH3 is 2. The highest BCUT2D eigenvalue weighted by Gasteiger charge is 2.53. The Morgan fingerprint density at radius 1 is 0.871 bits per heavy atom. The standard InChI is InChI=1S/C53H84N6O11/c1-30-15-11-10-12-16-31(2)40(57-52(56)58-51(54)55)29-39-20-18-36(7)53(67,70-39)49(65)50(66)59-22-14-13-17-41(59)44(62)28-38(32(3)25-37-19-21-42(60)45(26-37)68-8)27-43(61)33(4)24-35(6)47(64)48(69-9)46(63)34(5)23-30/h10-12,15-16,24,30,32-34,36-42,45,47-48,60,64,67H,13-14,17-23,25-29H2,1-9H3,(H6,54,55,56,57,58)/b12-10+,15-11+,31-16-,35-24+/t30-,32?,33-,34-,36-,37-,38-,39+,40-,41+,42-,45-,47-,48+,53-/m1/s1. The first kappa shape index (κ1) is 58.2. The lowest BCUT2D eigenvalue weighted by atomic mass is 9.74. The fraction of sp³-hybridized carbons (Fsp3) is 0.717. The van der Waals surface area contributed by atoms with E-state index >= 15 is 0 Å². The third kappa shape index (κ3) is 15.8. The number of ketones is 4. The predicted molar refractivity (Wildman–Crippen MR) is 269 cm³/mol. The number of piperidine rings is 1. The van der Waals surface area contributed by atoms with Gasteiger partial charge in [0.2, 0.25) is 11.7 Å². The Balaban J connectivity index is 1.75. The number of amides is 1. The topological polar surface area (TPSA) is 280 Å². The second kappa shape index (κ2) is 26.9. The van der Waals surface area contributed by atoms with Crippen LogP contribution in [0.15, 0.2) is 57.6 Å². The molecule has 392 valence electrons. The summed E-state index contributed by atoms with van der Waals surface area (Å²) in [6.07, 6.45) is 12.3. The molecule has 3 fully saturated rings. The van der Waals surface area contributed by atoms with E-state index in [1.165, 1.54) is 12.0 Å². The summed E-state index contributed by atoms with van der Waals surface area (Å²) in [6, 6.07) is -1.64. The van der Waals surface area contributed by atoms with Crippen molar-refractivity contribution in [1.29, 1.82) is 0 Å². The van der Waals surface area contributed by atoms with Crippen molar-refractivity contribution in [1.82, 2.24) is 4.90 Å². The van der Waals surface area contributed by atoms with E-state index in [0.717, 1.165) is 12.0 Å². The number of aliphatic imine (C=N–C) groups is 2. The number of fused-ring (bicyclic) bond motifs is 3. The van der Waals surface area contributed by atoms with E-state index in [1.807, 2.05) is 51.2 Å². The second-order valence-electron chi connectivity index (χ2n) is 20.9.